The fourth-order valence-electron chi connectivity index (χ4n) is 6.20. The molecular formula is C29H38FN5O4. The van der Waals surface area contributed by atoms with E-state index in [2.05, 4.69) is 9.80 Å². The monoisotopic (exact) mass is 539 g/mol. The fraction of sp³-hybridized carbons (Fsp3) is 0.586. The molecule has 6 rings (SSSR count). The van der Waals surface area contributed by atoms with E-state index in [1.54, 1.807) is 23.9 Å². The second-order valence-electron chi connectivity index (χ2n) is 10.9. The van der Waals surface area contributed by atoms with E-state index in [1.807, 2.05) is 6.07 Å². The number of fused-ring (bicyclic) bond motifs is 1. The molecule has 1 saturated carbocycles. The van der Waals surface area contributed by atoms with Gasteiger partial charge in [-0.15, -0.1) is 0 Å². The van der Waals surface area contributed by atoms with E-state index < -0.39 is 6.29 Å². The Hall–Kier alpha value is -2.63. The van der Waals surface area contributed by atoms with Crippen LogP contribution in [0.1, 0.15) is 55.7 Å². The van der Waals surface area contributed by atoms with Crippen LogP contribution in [-0.2, 0) is 14.2 Å². The first-order chi connectivity index (χ1) is 19.1. The van der Waals surface area contributed by atoms with Crippen molar-refractivity contribution in [2.75, 3.05) is 58.5 Å². The number of aliphatic hydroxyl groups excluding tert-OH is 1. The average Bonchev–Trinajstić information content (AvgIpc) is 3.31. The van der Waals surface area contributed by atoms with E-state index in [-0.39, 0.29) is 11.9 Å². The largest absolute Gasteiger partial charge is 0.382 e. The van der Waals surface area contributed by atoms with Gasteiger partial charge in [0, 0.05) is 52.4 Å². The Labute approximate surface area is 228 Å². The molecule has 39 heavy (non-hydrogen) atoms. The molecule has 4 heterocycles. The maximum Gasteiger partial charge on any atom is 0.198 e. The molecule has 2 aromatic heterocycles. The molecule has 0 bridgehead atoms. The van der Waals surface area contributed by atoms with Gasteiger partial charge in [-0.25, -0.2) is 14.1 Å². The van der Waals surface area contributed by atoms with Crippen molar-refractivity contribution < 1.29 is 23.7 Å². The normalized spacial score (nSPS) is 22.4. The molecule has 0 spiro atoms. The van der Waals surface area contributed by atoms with E-state index in [1.165, 1.54) is 25.7 Å². The fourth-order valence-corrected chi connectivity index (χ4v) is 6.20. The number of aliphatic hydroxyl groups is 1. The number of nitrogens with zero attached hydrogens (tertiary/aromatic N) is 5. The molecule has 0 radical (unpaired) electrons. The van der Waals surface area contributed by atoms with Gasteiger partial charge in [-0.3, -0.25) is 4.90 Å². The van der Waals surface area contributed by atoms with Gasteiger partial charge in [0.05, 0.1) is 41.8 Å². The molecule has 9 nitrogen and oxygen atoms in total. The highest BCUT2D eigenvalue weighted by Crippen LogP contribution is 2.43. The lowest BCUT2D eigenvalue weighted by Crippen LogP contribution is -2.52. The molecule has 2 unspecified atom stereocenters. The summed E-state index contributed by atoms with van der Waals surface area (Å²) in [4.78, 5) is 9.82. The van der Waals surface area contributed by atoms with Crippen LogP contribution in [0.3, 0.4) is 0 Å². The number of piperidine rings is 1. The standard InChI is InChI=1S/C29H38FN5O4/c1-37-18-23-17-34(14-15-39-23)21-10-12-33(13-11-21)25-16-24(29(36)38-2)31-28-26(25)27(19-4-3-5-19)32-35(28)22-8-6-20(30)7-9-22/h6-9,16,19,21,23,29,36H,3-5,10-15,17-18H2,1-2H3. The molecule has 1 N–H and O–H groups in total. The average molecular weight is 540 g/mol. The zero-order chi connectivity index (χ0) is 26.9. The minimum Gasteiger partial charge on any atom is -0.382 e. The summed E-state index contributed by atoms with van der Waals surface area (Å²) in [6, 6.07) is 8.79. The second-order valence-corrected chi connectivity index (χ2v) is 10.9. The number of halogens is 1. The first-order valence-corrected chi connectivity index (χ1v) is 14.1. The van der Waals surface area contributed by atoms with Gasteiger partial charge in [0.15, 0.2) is 11.9 Å². The van der Waals surface area contributed by atoms with E-state index in [4.69, 9.17) is 24.3 Å². The Kier molecular flexibility index (Phi) is 7.82. The van der Waals surface area contributed by atoms with Gasteiger partial charge < -0.3 is 24.2 Å². The number of morpholine rings is 1. The van der Waals surface area contributed by atoms with Crippen LogP contribution in [0.2, 0.25) is 0 Å². The number of hydrogen-bond donors (Lipinski definition) is 1. The van der Waals surface area contributed by atoms with E-state index in [0.29, 0.717) is 29.9 Å². The Morgan fingerprint density at radius 2 is 1.87 bits per heavy atom. The molecule has 1 aromatic carbocycles. The van der Waals surface area contributed by atoms with Gasteiger partial charge in [0.1, 0.15) is 11.5 Å². The number of benzene rings is 1. The quantitative estimate of drug-likeness (QED) is 0.433. The number of aromatic nitrogens is 3. The Morgan fingerprint density at radius 1 is 1.10 bits per heavy atom. The number of pyridine rings is 1. The molecule has 3 aliphatic rings. The van der Waals surface area contributed by atoms with Crippen LogP contribution in [0, 0.1) is 5.82 Å². The van der Waals surface area contributed by atoms with Crippen LogP contribution in [0.5, 0.6) is 0 Å². The molecule has 2 atom stereocenters. The first-order valence-electron chi connectivity index (χ1n) is 14.1. The van der Waals surface area contributed by atoms with Gasteiger partial charge in [0.25, 0.3) is 0 Å². The summed E-state index contributed by atoms with van der Waals surface area (Å²) in [7, 11) is 3.19. The highest BCUT2D eigenvalue weighted by molar-refractivity contribution is 5.94. The van der Waals surface area contributed by atoms with Crippen molar-refractivity contribution in [2.24, 2.45) is 0 Å². The van der Waals surface area contributed by atoms with Gasteiger partial charge in [-0.05, 0) is 56.0 Å². The van der Waals surface area contributed by atoms with Gasteiger partial charge in [-0.1, -0.05) is 6.42 Å². The Balaban J connectivity index is 1.35. The molecule has 0 amide bonds. The number of methoxy groups -OCH3 is 2. The second kappa shape index (κ2) is 11.5. The van der Waals surface area contributed by atoms with Crippen molar-refractivity contribution in [1.82, 2.24) is 19.7 Å². The lowest BCUT2D eigenvalue weighted by molar-refractivity contribution is -0.0796. The van der Waals surface area contributed by atoms with Crippen LogP contribution >= 0.6 is 0 Å². The summed E-state index contributed by atoms with van der Waals surface area (Å²) in [6.45, 7) is 5.00. The van der Waals surface area contributed by atoms with Crippen LogP contribution < -0.4 is 4.90 Å². The molecule has 2 aliphatic heterocycles. The van der Waals surface area contributed by atoms with E-state index in [9.17, 15) is 9.50 Å². The van der Waals surface area contributed by atoms with Crippen molar-refractivity contribution in [1.29, 1.82) is 0 Å². The highest BCUT2D eigenvalue weighted by Gasteiger charge is 2.33. The predicted molar refractivity (Wildman–Crippen MR) is 146 cm³/mol. The molecule has 10 heteroatoms. The van der Waals surface area contributed by atoms with Crippen LogP contribution in [0.25, 0.3) is 16.7 Å². The third kappa shape index (κ3) is 5.28. The summed E-state index contributed by atoms with van der Waals surface area (Å²) in [6.07, 6.45) is 4.43. The number of anilines is 1. The SMILES string of the molecule is COCC1CN(C2CCN(c3cc(C(O)OC)nc4c3c(C3CCC3)nn4-c3ccc(F)cc3)CC2)CCO1. The van der Waals surface area contributed by atoms with Crippen LogP contribution in [-0.4, -0.2) is 90.5 Å². The highest BCUT2D eigenvalue weighted by atomic mass is 19.1. The maximum atomic E-state index is 13.7. The van der Waals surface area contributed by atoms with E-state index >= 15 is 0 Å². The smallest absolute Gasteiger partial charge is 0.198 e. The molecular weight excluding hydrogens is 501 g/mol. The van der Waals surface area contributed by atoms with Crippen LogP contribution in [0.15, 0.2) is 30.3 Å². The van der Waals surface area contributed by atoms with Gasteiger partial charge >= 0.3 is 0 Å². The van der Waals surface area contributed by atoms with Crippen molar-refractivity contribution in [3.8, 4) is 5.69 Å². The number of rotatable bonds is 8. The molecule has 1 aliphatic carbocycles. The lowest BCUT2D eigenvalue weighted by Gasteiger charge is -2.43. The first kappa shape index (κ1) is 26.6. The molecule has 210 valence electrons. The van der Waals surface area contributed by atoms with Gasteiger partial charge in [0.2, 0.25) is 0 Å². The molecule has 3 fully saturated rings. The molecule has 2 saturated heterocycles. The van der Waals surface area contributed by atoms with E-state index in [0.717, 1.165) is 80.9 Å². The Morgan fingerprint density at radius 3 is 2.54 bits per heavy atom. The third-order valence-corrected chi connectivity index (χ3v) is 8.55. The maximum absolute atomic E-state index is 13.7. The minimum atomic E-state index is -1.15. The third-order valence-electron chi connectivity index (χ3n) is 8.55. The zero-order valence-electron chi connectivity index (χ0n) is 22.8. The number of hydrogen-bond acceptors (Lipinski definition) is 8. The van der Waals surface area contributed by atoms with Crippen molar-refractivity contribution in [3.63, 3.8) is 0 Å². The van der Waals surface area contributed by atoms with Crippen molar-refractivity contribution in [3.05, 3.63) is 47.5 Å². The van der Waals surface area contributed by atoms with Crippen molar-refractivity contribution in [2.45, 2.75) is 56.5 Å². The Bertz CT molecular complexity index is 1270. The minimum absolute atomic E-state index is 0.127. The lowest BCUT2D eigenvalue weighted by atomic mass is 9.82. The van der Waals surface area contributed by atoms with Crippen molar-refractivity contribution >= 4 is 16.7 Å². The topological polar surface area (TPSA) is 85.1 Å². The molecule has 3 aromatic rings. The van der Waals surface area contributed by atoms with Crippen LogP contribution in [0.4, 0.5) is 10.1 Å². The summed E-state index contributed by atoms with van der Waals surface area (Å²) < 4.78 is 32.0. The summed E-state index contributed by atoms with van der Waals surface area (Å²) >= 11 is 0. The predicted octanol–water partition coefficient (Wildman–Crippen LogP) is 3.78. The summed E-state index contributed by atoms with van der Waals surface area (Å²) in [5.74, 6) is 0.0757. The van der Waals surface area contributed by atoms with Gasteiger partial charge in [-0.2, -0.15) is 5.10 Å². The zero-order valence-corrected chi connectivity index (χ0v) is 22.8. The number of ether oxygens (including phenoxy) is 3. The summed E-state index contributed by atoms with van der Waals surface area (Å²) in [5.41, 5.74) is 3.94. The summed E-state index contributed by atoms with van der Waals surface area (Å²) in [5, 5.41) is 16.7.